The minimum Gasteiger partial charge on any atom is -0.481 e. The molecule has 0 atom stereocenters. The number of aromatic nitrogens is 3. The van der Waals surface area contributed by atoms with Gasteiger partial charge in [0.05, 0.1) is 5.41 Å². The summed E-state index contributed by atoms with van der Waals surface area (Å²) in [4.78, 5) is 14.9. The molecule has 2 N–H and O–H groups in total. The molecule has 0 aromatic carbocycles. The Kier molecular flexibility index (Phi) is 3.15. The maximum Gasteiger partial charge on any atom is 0.309 e. The van der Waals surface area contributed by atoms with Gasteiger partial charge in [-0.3, -0.25) is 9.89 Å². The number of hydrogen-bond acceptors (Lipinski definition) is 4. The summed E-state index contributed by atoms with van der Waals surface area (Å²) in [5, 5.41) is 16.1. The Balaban J connectivity index is 2.52. The van der Waals surface area contributed by atoms with E-state index in [1.165, 1.54) is 11.8 Å². The second-order valence-corrected chi connectivity index (χ2v) is 4.62. The zero-order valence-electron chi connectivity index (χ0n) is 8.37. The number of nitrogens with zero attached hydrogens (tertiary/aromatic N) is 2. The van der Waals surface area contributed by atoms with Crippen molar-refractivity contribution in [2.24, 2.45) is 5.41 Å². The van der Waals surface area contributed by atoms with Gasteiger partial charge in [0, 0.05) is 5.75 Å². The van der Waals surface area contributed by atoms with Crippen LogP contribution in [0.15, 0.2) is 5.16 Å². The number of nitrogens with one attached hydrogen (secondary N) is 1. The molecule has 0 aliphatic heterocycles. The summed E-state index contributed by atoms with van der Waals surface area (Å²) >= 11 is 1.34. The molecule has 14 heavy (non-hydrogen) atoms. The van der Waals surface area contributed by atoms with Crippen LogP contribution in [0.4, 0.5) is 0 Å². The Morgan fingerprint density at radius 1 is 1.64 bits per heavy atom. The molecule has 0 saturated carbocycles. The van der Waals surface area contributed by atoms with Gasteiger partial charge < -0.3 is 5.11 Å². The van der Waals surface area contributed by atoms with Gasteiger partial charge in [0.25, 0.3) is 0 Å². The molecule has 0 saturated heterocycles. The van der Waals surface area contributed by atoms with Crippen LogP contribution in [-0.2, 0) is 4.79 Å². The average Bonchev–Trinajstić information content (AvgIpc) is 2.48. The summed E-state index contributed by atoms with van der Waals surface area (Å²) in [6, 6.07) is 0. The van der Waals surface area contributed by atoms with Gasteiger partial charge in [-0.1, -0.05) is 11.8 Å². The molecule has 1 heterocycles. The van der Waals surface area contributed by atoms with Crippen LogP contribution in [0.1, 0.15) is 19.7 Å². The summed E-state index contributed by atoms with van der Waals surface area (Å²) in [6.07, 6.45) is 0. The second kappa shape index (κ2) is 4.00. The van der Waals surface area contributed by atoms with Crippen LogP contribution < -0.4 is 0 Å². The van der Waals surface area contributed by atoms with Crippen LogP contribution >= 0.6 is 11.8 Å². The van der Waals surface area contributed by atoms with Crippen LogP contribution in [0.2, 0.25) is 0 Å². The van der Waals surface area contributed by atoms with Crippen molar-refractivity contribution in [1.29, 1.82) is 0 Å². The highest BCUT2D eigenvalue weighted by Gasteiger charge is 2.27. The Morgan fingerprint density at radius 2 is 2.29 bits per heavy atom. The number of aromatic amines is 1. The summed E-state index contributed by atoms with van der Waals surface area (Å²) in [5.41, 5.74) is -0.751. The predicted octanol–water partition coefficient (Wildman–Crippen LogP) is 1.32. The second-order valence-electron chi connectivity index (χ2n) is 3.68. The molecule has 0 unspecified atom stereocenters. The maximum absolute atomic E-state index is 10.8. The fourth-order valence-electron chi connectivity index (χ4n) is 0.693. The first-order valence-electron chi connectivity index (χ1n) is 4.17. The molecule has 0 aliphatic rings. The minimum absolute atomic E-state index is 0.458. The summed E-state index contributed by atoms with van der Waals surface area (Å²) in [6.45, 7) is 5.17. The zero-order valence-corrected chi connectivity index (χ0v) is 9.18. The monoisotopic (exact) mass is 215 g/mol. The molecule has 78 valence electrons. The van der Waals surface area contributed by atoms with Crippen molar-refractivity contribution in [3.8, 4) is 0 Å². The van der Waals surface area contributed by atoms with E-state index in [4.69, 9.17) is 5.11 Å². The average molecular weight is 215 g/mol. The van der Waals surface area contributed by atoms with Gasteiger partial charge in [0.15, 0.2) is 0 Å². The van der Waals surface area contributed by atoms with Gasteiger partial charge in [0.1, 0.15) is 5.82 Å². The number of aliphatic carboxylic acids is 1. The molecular formula is C8H13N3O2S. The fraction of sp³-hybridized carbons (Fsp3) is 0.625. The number of carboxylic acids is 1. The molecule has 5 nitrogen and oxygen atoms in total. The van der Waals surface area contributed by atoms with Gasteiger partial charge in [-0.15, -0.1) is 5.10 Å². The molecule has 0 spiro atoms. The Labute approximate surface area is 86.3 Å². The zero-order chi connectivity index (χ0) is 10.8. The Bertz CT molecular complexity index is 335. The quantitative estimate of drug-likeness (QED) is 0.740. The van der Waals surface area contributed by atoms with Crippen molar-refractivity contribution in [1.82, 2.24) is 15.2 Å². The SMILES string of the molecule is Cc1nc(SCC(C)(C)C(=O)O)n[nH]1. The van der Waals surface area contributed by atoms with Crippen molar-refractivity contribution < 1.29 is 9.90 Å². The van der Waals surface area contributed by atoms with Crippen LogP contribution in [-0.4, -0.2) is 32.0 Å². The molecule has 0 amide bonds. The number of carbonyl (C=O) groups is 1. The van der Waals surface area contributed by atoms with E-state index < -0.39 is 11.4 Å². The van der Waals surface area contributed by atoms with E-state index in [-0.39, 0.29) is 0 Å². The fourth-order valence-corrected chi connectivity index (χ4v) is 1.62. The van der Waals surface area contributed by atoms with Crippen LogP contribution in [0.3, 0.4) is 0 Å². The van der Waals surface area contributed by atoms with E-state index in [1.807, 2.05) is 0 Å². The largest absolute Gasteiger partial charge is 0.481 e. The van der Waals surface area contributed by atoms with E-state index in [0.29, 0.717) is 10.9 Å². The topological polar surface area (TPSA) is 78.9 Å². The summed E-state index contributed by atoms with van der Waals surface area (Å²) < 4.78 is 0. The van der Waals surface area contributed by atoms with Gasteiger partial charge in [0.2, 0.25) is 5.16 Å². The number of aryl methyl sites for hydroxylation is 1. The van der Waals surface area contributed by atoms with Crippen molar-refractivity contribution >= 4 is 17.7 Å². The van der Waals surface area contributed by atoms with Crippen LogP contribution in [0.25, 0.3) is 0 Å². The lowest BCUT2D eigenvalue weighted by Crippen LogP contribution is -2.26. The summed E-state index contributed by atoms with van der Waals surface area (Å²) in [5.74, 6) is 0.387. The van der Waals surface area contributed by atoms with E-state index in [2.05, 4.69) is 15.2 Å². The number of hydrogen-bond donors (Lipinski definition) is 2. The predicted molar refractivity (Wildman–Crippen MR) is 53.3 cm³/mol. The highest BCUT2D eigenvalue weighted by Crippen LogP contribution is 2.25. The standard InChI is InChI=1S/C8H13N3O2S/c1-5-9-7(11-10-5)14-4-8(2,3)6(12)13/h4H2,1-3H3,(H,12,13)(H,9,10,11). The molecule has 1 rings (SSSR count). The number of carboxylic acid groups (broad SMARTS) is 1. The van der Waals surface area contributed by atoms with Gasteiger partial charge in [-0.05, 0) is 20.8 Å². The lowest BCUT2D eigenvalue weighted by molar-refractivity contribution is -0.145. The van der Waals surface area contributed by atoms with E-state index >= 15 is 0 Å². The lowest BCUT2D eigenvalue weighted by atomic mass is 9.97. The summed E-state index contributed by atoms with van der Waals surface area (Å²) in [7, 11) is 0. The first kappa shape index (κ1) is 11.0. The molecule has 0 aliphatic carbocycles. The lowest BCUT2D eigenvalue weighted by Gasteiger charge is -2.16. The van der Waals surface area contributed by atoms with Gasteiger partial charge in [-0.2, -0.15) is 0 Å². The number of H-pyrrole nitrogens is 1. The third kappa shape index (κ3) is 2.73. The Hall–Kier alpha value is -1.04. The molecule has 6 heteroatoms. The molecular weight excluding hydrogens is 202 g/mol. The highest BCUT2D eigenvalue weighted by atomic mass is 32.2. The molecule has 1 aromatic heterocycles. The highest BCUT2D eigenvalue weighted by molar-refractivity contribution is 7.99. The first-order chi connectivity index (χ1) is 6.42. The normalized spacial score (nSPS) is 11.6. The van der Waals surface area contributed by atoms with E-state index in [9.17, 15) is 4.79 Å². The number of rotatable bonds is 4. The van der Waals surface area contributed by atoms with Crippen molar-refractivity contribution in [3.63, 3.8) is 0 Å². The molecule has 0 bridgehead atoms. The van der Waals surface area contributed by atoms with Gasteiger partial charge in [-0.25, -0.2) is 4.98 Å². The van der Waals surface area contributed by atoms with E-state index in [1.54, 1.807) is 20.8 Å². The minimum atomic E-state index is -0.808. The van der Waals surface area contributed by atoms with Crippen molar-refractivity contribution in [3.05, 3.63) is 5.82 Å². The third-order valence-electron chi connectivity index (χ3n) is 1.72. The van der Waals surface area contributed by atoms with Crippen LogP contribution in [0, 0.1) is 12.3 Å². The third-order valence-corrected chi connectivity index (χ3v) is 3.02. The van der Waals surface area contributed by atoms with Crippen molar-refractivity contribution in [2.75, 3.05) is 5.75 Å². The molecule has 0 radical (unpaired) electrons. The maximum atomic E-state index is 10.8. The van der Waals surface area contributed by atoms with E-state index in [0.717, 1.165) is 5.82 Å². The molecule has 0 fully saturated rings. The van der Waals surface area contributed by atoms with Gasteiger partial charge >= 0.3 is 5.97 Å². The smallest absolute Gasteiger partial charge is 0.309 e. The molecule has 1 aromatic rings. The Morgan fingerprint density at radius 3 is 2.71 bits per heavy atom. The number of thioether (sulfide) groups is 1. The van der Waals surface area contributed by atoms with Crippen molar-refractivity contribution in [2.45, 2.75) is 25.9 Å². The van der Waals surface area contributed by atoms with Crippen LogP contribution in [0.5, 0.6) is 0 Å². The first-order valence-corrected chi connectivity index (χ1v) is 5.15.